The predicted molar refractivity (Wildman–Crippen MR) is 138 cm³/mol. The number of aromatic amines is 1. The Morgan fingerprint density at radius 1 is 1.00 bits per heavy atom. The zero-order valence-corrected chi connectivity index (χ0v) is 19.7. The number of benzene rings is 3. The van der Waals surface area contributed by atoms with Gasteiger partial charge in [-0.05, 0) is 47.5 Å². The number of pyridine rings is 1. The molecule has 2 heterocycles. The Labute approximate surface area is 207 Å². The SMILES string of the molecule is CN(C)c1ccc(-c2nc3nccc(-c4ccc(C(O)(C(N)=O)c5ccccc5)c(F)c4)c3[nH]2)cc1. The fraction of sp³-hybridized carbons (Fsp3) is 0.107. The average Bonchev–Trinajstić information content (AvgIpc) is 3.33. The number of carbonyl (C=O) groups excluding carboxylic acids is 1. The lowest BCUT2D eigenvalue weighted by atomic mass is 9.84. The van der Waals surface area contributed by atoms with Crippen LogP contribution in [0.5, 0.6) is 0 Å². The molecular weight excluding hydrogens is 457 g/mol. The highest BCUT2D eigenvalue weighted by atomic mass is 19.1. The van der Waals surface area contributed by atoms with Crippen LogP contribution in [-0.4, -0.2) is 40.1 Å². The molecule has 1 unspecified atom stereocenters. The lowest BCUT2D eigenvalue weighted by molar-refractivity contribution is -0.133. The Morgan fingerprint density at radius 3 is 2.33 bits per heavy atom. The molecule has 0 aliphatic carbocycles. The number of nitrogens with two attached hydrogens (primary N) is 1. The molecular formula is C28H24FN5O2. The van der Waals surface area contributed by atoms with E-state index in [-0.39, 0.29) is 11.1 Å². The number of hydrogen-bond donors (Lipinski definition) is 3. The normalized spacial score (nSPS) is 12.9. The van der Waals surface area contributed by atoms with Gasteiger partial charge >= 0.3 is 0 Å². The van der Waals surface area contributed by atoms with E-state index in [2.05, 4.69) is 15.0 Å². The number of anilines is 1. The minimum Gasteiger partial charge on any atom is -0.378 e. The first-order valence-corrected chi connectivity index (χ1v) is 11.3. The van der Waals surface area contributed by atoms with Crippen LogP contribution in [0.1, 0.15) is 11.1 Å². The molecule has 1 atom stereocenters. The van der Waals surface area contributed by atoms with Crippen molar-refractivity contribution in [1.29, 1.82) is 0 Å². The summed E-state index contributed by atoms with van der Waals surface area (Å²) in [4.78, 5) is 26.6. The van der Waals surface area contributed by atoms with E-state index in [1.807, 2.05) is 43.3 Å². The van der Waals surface area contributed by atoms with Crippen molar-refractivity contribution < 1.29 is 14.3 Å². The number of halogens is 1. The third-order valence-corrected chi connectivity index (χ3v) is 6.27. The summed E-state index contributed by atoms with van der Waals surface area (Å²) >= 11 is 0. The van der Waals surface area contributed by atoms with Gasteiger partial charge in [0, 0.05) is 42.7 Å². The van der Waals surface area contributed by atoms with E-state index in [1.54, 1.807) is 36.5 Å². The van der Waals surface area contributed by atoms with E-state index in [9.17, 15) is 9.90 Å². The topological polar surface area (TPSA) is 108 Å². The number of nitrogens with zero attached hydrogens (tertiary/aromatic N) is 3. The van der Waals surface area contributed by atoms with Crippen LogP contribution in [-0.2, 0) is 10.4 Å². The van der Waals surface area contributed by atoms with Gasteiger partial charge in [0.25, 0.3) is 5.91 Å². The quantitative estimate of drug-likeness (QED) is 0.337. The number of carbonyl (C=O) groups is 1. The summed E-state index contributed by atoms with van der Waals surface area (Å²) in [6.45, 7) is 0. The minimum absolute atomic E-state index is 0.189. The van der Waals surface area contributed by atoms with Crippen LogP contribution in [0.3, 0.4) is 0 Å². The highest BCUT2D eigenvalue weighted by molar-refractivity contribution is 5.92. The number of imidazole rings is 1. The first-order valence-electron chi connectivity index (χ1n) is 11.3. The van der Waals surface area contributed by atoms with Crippen molar-refractivity contribution in [3.8, 4) is 22.5 Å². The molecule has 0 fully saturated rings. The van der Waals surface area contributed by atoms with Crippen LogP contribution in [0, 0.1) is 5.82 Å². The predicted octanol–water partition coefficient (Wildman–Crippen LogP) is 4.22. The standard InChI is InChI=1S/C28H24FN5O2/c1-34(2)20-11-8-17(9-12-20)25-32-24-21(14-15-31-26(24)33-25)18-10-13-22(23(29)16-18)28(36,27(30)35)19-6-4-3-5-7-19/h3-16,36H,1-2H3,(H2,30,35)(H,31,32,33). The average molecular weight is 482 g/mol. The first-order chi connectivity index (χ1) is 17.3. The molecule has 5 rings (SSSR count). The Bertz CT molecular complexity index is 1560. The van der Waals surface area contributed by atoms with Gasteiger partial charge in [-0.25, -0.2) is 14.4 Å². The van der Waals surface area contributed by atoms with E-state index in [1.165, 1.54) is 24.3 Å². The largest absolute Gasteiger partial charge is 0.378 e. The summed E-state index contributed by atoms with van der Waals surface area (Å²) in [5, 5.41) is 11.2. The molecule has 5 aromatic rings. The summed E-state index contributed by atoms with van der Waals surface area (Å²) in [5.41, 5.74) is 7.48. The van der Waals surface area contributed by atoms with Gasteiger partial charge in [-0.1, -0.05) is 42.5 Å². The summed E-state index contributed by atoms with van der Waals surface area (Å²) in [6.07, 6.45) is 1.60. The summed E-state index contributed by atoms with van der Waals surface area (Å²) in [6, 6.07) is 22.1. The summed E-state index contributed by atoms with van der Waals surface area (Å²) < 4.78 is 15.4. The Hall–Kier alpha value is -4.56. The van der Waals surface area contributed by atoms with E-state index in [4.69, 9.17) is 5.73 Å². The maximum Gasteiger partial charge on any atom is 0.258 e. The van der Waals surface area contributed by atoms with Crippen molar-refractivity contribution in [1.82, 2.24) is 15.0 Å². The first kappa shape index (κ1) is 23.2. The van der Waals surface area contributed by atoms with Crippen LogP contribution >= 0.6 is 0 Å². The minimum atomic E-state index is -2.31. The number of aromatic nitrogens is 3. The van der Waals surface area contributed by atoms with Gasteiger partial charge in [-0.3, -0.25) is 4.79 Å². The number of primary amides is 1. The number of nitrogens with one attached hydrogen (secondary N) is 1. The monoisotopic (exact) mass is 481 g/mol. The van der Waals surface area contributed by atoms with E-state index >= 15 is 4.39 Å². The highest BCUT2D eigenvalue weighted by Gasteiger charge is 2.40. The zero-order valence-electron chi connectivity index (χ0n) is 19.7. The number of aliphatic hydroxyl groups is 1. The lowest BCUT2D eigenvalue weighted by Gasteiger charge is -2.26. The van der Waals surface area contributed by atoms with Crippen molar-refractivity contribution in [2.45, 2.75) is 5.60 Å². The molecule has 1 amide bonds. The third kappa shape index (κ3) is 3.87. The van der Waals surface area contributed by atoms with Crippen molar-refractivity contribution >= 4 is 22.8 Å². The van der Waals surface area contributed by atoms with Crippen LogP contribution < -0.4 is 10.6 Å². The number of amides is 1. The van der Waals surface area contributed by atoms with Crippen LogP contribution in [0.4, 0.5) is 10.1 Å². The Balaban J connectivity index is 1.57. The number of rotatable bonds is 6. The molecule has 8 heteroatoms. The van der Waals surface area contributed by atoms with Crippen LogP contribution in [0.25, 0.3) is 33.7 Å². The summed E-state index contributed by atoms with van der Waals surface area (Å²) in [7, 11) is 3.95. The van der Waals surface area contributed by atoms with E-state index in [0.29, 0.717) is 28.1 Å². The molecule has 0 aliphatic rings. The zero-order chi connectivity index (χ0) is 25.4. The maximum atomic E-state index is 15.4. The Morgan fingerprint density at radius 2 is 1.69 bits per heavy atom. The van der Waals surface area contributed by atoms with Gasteiger partial charge in [0.2, 0.25) is 0 Å². The molecule has 0 spiro atoms. The maximum absolute atomic E-state index is 15.4. The second-order valence-corrected chi connectivity index (χ2v) is 8.72. The summed E-state index contributed by atoms with van der Waals surface area (Å²) in [5.74, 6) is -1.19. The second-order valence-electron chi connectivity index (χ2n) is 8.72. The smallest absolute Gasteiger partial charge is 0.258 e. The number of fused-ring (bicyclic) bond motifs is 1. The molecule has 3 aromatic carbocycles. The second kappa shape index (κ2) is 8.90. The van der Waals surface area contributed by atoms with Crippen LogP contribution in [0.15, 0.2) is 85.1 Å². The number of H-pyrrole nitrogens is 1. The van der Waals surface area contributed by atoms with Gasteiger partial charge in [0.15, 0.2) is 11.2 Å². The highest BCUT2D eigenvalue weighted by Crippen LogP contribution is 2.35. The molecule has 2 aromatic heterocycles. The van der Waals surface area contributed by atoms with E-state index in [0.717, 1.165) is 11.3 Å². The molecule has 180 valence electrons. The number of hydrogen-bond acceptors (Lipinski definition) is 5. The van der Waals surface area contributed by atoms with Gasteiger partial charge in [-0.2, -0.15) is 0 Å². The van der Waals surface area contributed by atoms with Crippen molar-refractivity contribution in [2.24, 2.45) is 5.73 Å². The molecule has 4 N–H and O–H groups in total. The van der Waals surface area contributed by atoms with Crippen molar-refractivity contribution in [3.63, 3.8) is 0 Å². The van der Waals surface area contributed by atoms with E-state index < -0.39 is 17.3 Å². The molecule has 36 heavy (non-hydrogen) atoms. The molecule has 0 saturated carbocycles. The van der Waals surface area contributed by atoms with Crippen LogP contribution in [0.2, 0.25) is 0 Å². The van der Waals surface area contributed by atoms with Gasteiger partial charge in [0.05, 0.1) is 5.52 Å². The molecule has 7 nitrogen and oxygen atoms in total. The van der Waals surface area contributed by atoms with Crippen molar-refractivity contribution in [2.75, 3.05) is 19.0 Å². The Kier molecular flexibility index (Phi) is 5.74. The molecule has 0 radical (unpaired) electrons. The van der Waals surface area contributed by atoms with Gasteiger partial charge in [0.1, 0.15) is 11.6 Å². The van der Waals surface area contributed by atoms with Gasteiger partial charge in [-0.15, -0.1) is 0 Å². The molecule has 0 bridgehead atoms. The fourth-order valence-corrected chi connectivity index (χ4v) is 4.29. The fourth-order valence-electron chi connectivity index (χ4n) is 4.29. The molecule has 0 saturated heterocycles. The lowest BCUT2D eigenvalue weighted by Crippen LogP contribution is -2.42. The van der Waals surface area contributed by atoms with Gasteiger partial charge < -0.3 is 20.7 Å². The third-order valence-electron chi connectivity index (χ3n) is 6.27. The molecule has 0 aliphatic heterocycles. The van der Waals surface area contributed by atoms with Crippen molar-refractivity contribution in [3.05, 3.63) is 102 Å².